The van der Waals surface area contributed by atoms with Gasteiger partial charge in [0.15, 0.2) is 0 Å². The Morgan fingerprint density at radius 2 is 2.27 bits per heavy atom. The molecule has 0 aromatic heterocycles. The minimum absolute atomic E-state index is 0.130. The van der Waals surface area contributed by atoms with Crippen molar-refractivity contribution in [1.82, 2.24) is 10.6 Å². The maximum absolute atomic E-state index is 13.4. The van der Waals surface area contributed by atoms with E-state index in [9.17, 15) is 9.18 Å². The van der Waals surface area contributed by atoms with Crippen molar-refractivity contribution < 1.29 is 9.18 Å². The van der Waals surface area contributed by atoms with Gasteiger partial charge in [0.25, 0.3) is 0 Å². The van der Waals surface area contributed by atoms with Gasteiger partial charge in [-0.3, -0.25) is 4.79 Å². The third-order valence-corrected chi connectivity index (χ3v) is 4.55. The van der Waals surface area contributed by atoms with Crippen molar-refractivity contribution in [3.05, 3.63) is 30.1 Å². The smallest absolute Gasteiger partial charge is 0.221 e. The Hall–Kier alpha value is -1.62. The summed E-state index contributed by atoms with van der Waals surface area (Å²) in [6.45, 7) is 2.70. The lowest BCUT2D eigenvalue weighted by Crippen LogP contribution is -2.48. The molecule has 1 aromatic carbocycles. The molecular weight excluding hydrogens is 281 g/mol. The Kier molecular flexibility index (Phi) is 4.93. The van der Waals surface area contributed by atoms with Crippen LogP contribution in [0.2, 0.25) is 0 Å². The molecule has 2 aliphatic heterocycles. The van der Waals surface area contributed by atoms with E-state index in [2.05, 4.69) is 15.5 Å². The Bertz CT molecular complexity index is 516. The molecule has 0 saturated carbocycles. The first-order valence-corrected chi connectivity index (χ1v) is 8.24. The van der Waals surface area contributed by atoms with Crippen molar-refractivity contribution in [3.8, 4) is 0 Å². The number of nitrogens with one attached hydrogen (secondary N) is 2. The monoisotopic (exact) mass is 305 g/mol. The predicted molar refractivity (Wildman–Crippen MR) is 85.4 cm³/mol. The highest BCUT2D eigenvalue weighted by atomic mass is 19.1. The van der Waals surface area contributed by atoms with Crippen LogP contribution in [-0.2, 0) is 4.79 Å². The normalized spacial score (nSPS) is 25.2. The topological polar surface area (TPSA) is 44.4 Å². The Morgan fingerprint density at radius 1 is 1.36 bits per heavy atom. The second-order valence-corrected chi connectivity index (χ2v) is 6.33. The molecular formula is C17H24FN3O. The van der Waals surface area contributed by atoms with Crippen LogP contribution in [0.25, 0.3) is 0 Å². The minimum atomic E-state index is -0.212. The standard InChI is InChI=1S/C17H24FN3O/c18-13-4-1-7-16(10-13)21-9-3-6-15(12-21)20-17(22)11-14-5-2-8-19-14/h1,4,7,10,14-15,19H,2-3,5-6,8-9,11-12H2,(H,20,22). The summed E-state index contributed by atoms with van der Waals surface area (Å²) in [6, 6.07) is 7.18. The van der Waals surface area contributed by atoms with Crippen LogP contribution in [0.15, 0.2) is 24.3 Å². The van der Waals surface area contributed by atoms with Gasteiger partial charge in [-0.2, -0.15) is 0 Å². The molecule has 120 valence electrons. The van der Waals surface area contributed by atoms with Crippen LogP contribution in [0.4, 0.5) is 10.1 Å². The molecule has 2 saturated heterocycles. The summed E-state index contributed by atoms with van der Waals surface area (Å²) in [5.74, 6) is -0.0820. The van der Waals surface area contributed by atoms with Gasteiger partial charge >= 0.3 is 0 Å². The summed E-state index contributed by atoms with van der Waals surface area (Å²) in [7, 11) is 0. The number of benzene rings is 1. The maximum Gasteiger partial charge on any atom is 0.221 e. The van der Waals surface area contributed by atoms with Crippen LogP contribution < -0.4 is 15.5 Å². The van der Waals surface area contributed by atoms with E-state index in [-0.39, 0.29) is 17.8 Å². The molecule has 0 aliphatic carbocycles. The molecule has 22 heavy (non-hydrogen) atoms. The highest BCUT2D eigenvalue weighted by molar-refractivity contribution is 5.77. The van der Waals surface area contributed by atoms with Crippen molar-refractivity contribution in [1.29, 1.82) is 0 Å². The molecule has 2 aliphatic rings. The van der Waals surface area contributed by atoms with E-state index in [0.29, 0.717) is 12.5 Å². The Labute approximate surface area is 131 Å². The lowest BCUT2D eigenvalue weighted by atomic mass is 10.0. The average molecular weight is 305 g/mol. The van der Waals surface area contributed by atoms with Crippen LogP contribution in [-0.4, -0.2) is 37.6 Å². The van der Waals surface area contributed by atoms with Gasteiger partial charge in [-0.15, -0.1) is 0 Å². The van der Waals surface area contributed by atoms with Gasteiger partial charge in [-0.1, -0.05) is 6.07 Å². The molecule has 2 atom stereocenters. The first-order valence-electron chi connectivity index (χ1n) is 8.24. The Balaban J connectivity index is 1.52. The van der Waals surface area contributed by atoms with Gasteiger partial charge in [0, 0.05) is 37.3 Å². The lowest BCUT2D eigenvalue weighted by molar-refractivity contribution is -0.122. The first kappa shape index (κ1) is 15.3. The zero-order valence-corrected chi connectivity index (χ0v) is 12.9. The molecule has 2 heterocycles. The second-order valence-electron chi connectivity index (χ2n) is 6.33. The fraction of sp³-hybridized carbons (Fsp3) is 0.588. The Morgan fingerprint density at radius 3 is 3.05 bits per heavy atom. The predicted octanol–water partition coefficient (Wildman–Crippen LogP) is 2.05. The van der Waals surface area contributed by atoms with Crippen LogP contribution in [0.1, 0.15) is 32.1 Å². The summed E-state index contributed by atoms with van der Waals surface area (Å²) in [6.07, 6.45) is 4.83. The van der Waals surface area contributed by atoms with E-state index >= 15 is 0 Å². The van der Waals surface area contributed by atoms with Gasteiger partial charge in [0.05, 0.1) is 0 Å². The number of anilines is 1. The number of nitrogens with zero attached hydrogens (tertiary/aromatic N) is 1. The summed E-state index contributed by atoms with van der Waals surface area (Å²) in [5, 5.41) is 6.50. The van der Waals surface area contributed by atoms with E-state index in [4.69, 9.17) is 0 Å². The van der Waals surface area contributed by atoms with E-state index in [0.717, 1.165) is 51.0 Å². The number of rotatable bonds is 4. The van der Waals surface area contributed by atoms with Crippen molar-refractivity contribution in [2.45, 2.75) is 44.2 Å². The zero-order chi connectivity index (χ0) is 15.4. The molecule has 3 rings (SSSR count). The maximum atomic E-state index is 13.4. The largest absolute Gasteiger partial charge is 0.369 e. The molecule has 0 bridgehead atoms. The van der Waals surface area contributed by atoms with Gasteiger partial charge < -0.3 is 15.5 Å². The zero-order valence-electron chi connectivity index (χ0n) is 12.9. The van der Waals surface area contributed by atoms with Gasteiger partial charge in [-0.05, 0) is 50.4 Å². The third kappa shape index (κ3) is 3.97. The molecule has 0 spiro atoms. The van der Waals surface area contributed by atoms with E-state index in [1.54, 1.807) is 12.1 Å². The molecule has 1 amide bonds. The van der Waals surface area contributed by atoms with Gasteiger partial charge in [0.1, 0.15) is 5.82 Å². The van der Waals surface area contributed by atoms with Crippen molar-refractivity contribution >= 4 is 11.6 Å². The molecule has 2 unspecified atom stereocenters. The molecule has 2 fully saturated rings. The quantitative estimate of drug-likeness (QED) is 0.895. The van der Waals surface area contributed by atoms with Crippen LogP contribution in [0, 0.1) is 5.82 Å². The number of carbonyl (C=O) groups is 1. The molecule has 4 nitrogen and oxygen atoms in total. The summed E-state index contributed by atoms with van der Waals surface area (Å²) < 4.78 is 13.4. The third-order valence-electron chi connectivity index (χ3n) is 4.55. The van der Waals surface area contributed by atoms with Gasteiger partial charge in [0.2, 0.25) is 5.91 Å². The number of carbonyl (C=O) groups excluding carboxylic acids is 1. The van der Waals surface area contributed by atoms with Crippen LogP contribution >= 0.6 is 0 Å². The number of piperidine rings is 1. The van der Waals surface area contributed by atoms with Crippen LogP contribution in [0.3, 0.4) is 0 Å². The second kappa shape index (κ2) is 7.09. The van der Waals surface area contributed by atoms with Crippen molar-refractivity contribution in [2.24, 2.45) is 0 Å². The molecule has 1 aromatic rings. The van der Waals surface area contributed by atoms with E-state index in [1.165, 1.54) is 6.07 Å². The SMILES string of the molecule is O=C(CC1CCCN1)NC1CCCN(c2cccc(F)c2)C1. The molecule has 2 N–H and O–H groups in total. The van der Waals surface area contributed by atoms with Crippen molar-refractivity contribution in [2.75, 3.05) is 24.5 Å². The number of amides is 1. The summed E-state index contributed by atoms with van der Waals surface area (Å²) in [5.41, 5.74) is 0.899. The fourth-order valence-corrected chi connectivity index (χ4v) is 3.44. The number of hydrogen-bond donors (Lipinski definition) is 2. The first-order chi connectivity index (χ1) is 10.7. The average Bonchev–Trinajstić information content (AvgIpc) is 3.00. The van der Waals surface area contributed by atoms with E-state index < -0.39 is 0 Å². The number of hydrogen-bond acceptors (Lipinski definition) is 3. The number of halogens is 1. The fourth-order valence-electron chi connectivity index (χ4n) is 3.44. The lowest BCUT2D eigenvalue weighted by Gasteiger charge is -2.35. The summed E-state index contributed by atoms with van der Waals surface area (Å²) >= 11 is 0. The van der Waals surface area contributed by atoms with E-state index in [1.807, 2.05) is 6.07 Å². The van der Waals surface area contributed by atoms with Crippen molar-refractivity contribution in [3.63, 3.8) is 0 Å². The highest BCUT2D eigenvalue weighted by Crippen LogP contribution is 2.21. The van der Waals surface area contributed by atoms with Crippen LogP contribution in [0.5, 0.6) is 0 Å². The molecule has 0 radical (unpaired) electrons. The highest BCUT2D eigenvalue weighted by Gasteiger charge is 2.24. The minimum Gasteiger partial charge on any atom is -0.369 e. The molecule has 5 heteroatoms. The summed E-state index contributed by atoms with van der Waals surface area (Å²) in [4.78, 5) is 14.3. The van der Waals surface area contributed by atoms with Gasteiger partial charge in [-0.25, -0.2) is 4.39 Å².